The lowest BCUT2D eigenvalue weighted by molar-refractivity contribution is -0.150. The summed E-state index contributed by atoms with van der Waals surface area (Å²) in [5, 5.41) is 3.14. The van der Waals surface area contributed by atoms with E-state index >= 15 is 0 Å². The van der Waals surface area contributed by atoms with Crippen LogP contribution < -0.4 is 5.32 Å². The Morgan fingerprint density at radius 1 is 1.00 bits per heavy atom. The van der Waals surface area contributed by atoms with Crippen molar-refractivity contribution in [2.45, 2.75) is 56.5 Å². The van der Waals surface area contributed by atoms with E-state index in [4.69, 9.17) is 0 Å². The number of hydrogen-bond acceptors (Lipinski definition) is 5. The van der Waals surface area contributed by atoms with Gasteiger partial charge in [0.15, 0.2) is 9.84 Å². The Morgan fingerprint density at radius 3 is 2.04 bits per heavy atom. The van der Waals surface area contributed by atoms with Crippen LogP contribution in [0.15, 0.2) is 0 Å². The van der Waals surface area contributed by atoms with E-state index in [9.17, 15) is 18.0 Å². The van der Waals surface area contributed by atoms with E-state index in [2.05, 4.69) is 5.32 Å². The van der Waals surface area contributed by atoms with Gasteiger partial charge in [0.05, 0.1) is 11.5 Å². The van der Waals surface area contributed by atoms with Crippen LogP contribution in [0.4, 0.5) is 0 Å². The molecule has 1 heterocycles. The summed E-state index contributed by atoms with van der Waals surface area (Å²) in [6.45, 7) is 0.979. The normalized spacial score (nSPS) is 38.0. The van der Waals surface area contributed by atoms with Gasteiger partial charge in [-0.1, -0.05) is 0 Å². The van der Waals surface area contributed by atoms with Crippen molar-refractivity contribution in [2.75, 3.05) is 38.7 Å². The highest BCUT2D eigenvalue weighted by molar-refractivity contribution is 7.91. The van der Waals surface area contributed by atoms with E-state index in [0.29, 0.717) is 37.3 Å². The number of hydrogen-bond donors (Lipinski definition) is 1. The molecule has 5 rings (SSSR count). The van der Waals surface area contributed by atoms with Gasteiger partial charge in [0.25, 0.3) is 0 Å². The fourth-order valence-corrected chi connectivity index (χ4v) is 8.20. The zero-order valence-electron chi connectivity index (χ0n) is 17.0. The second-order valence-corrected chi connectivity index (χ2v) is 12.2. The maximum atomic E-state index is 13.1. The average Bonchev–Trinajstić information content (AvgIpc) is 2.92. The first-order valence-corrected chi connectivity index (χ1v) is 12.5. The average molecular weight is 412 g/mol. The third-order valence-electron chi connectivity index (χ3n) is 7.31. The minimum absolute atomic E-state index is 0.0309. The van der Waals surface area contributed by atoms with Crippen molar-refractivity contribution < 1.29 is 18.0 Å². The van der Waals surface area contributed by atoms with Gasteiger partial charge in [-0.2, -0.15) is 0 Å². The molecule has 7 nitrogen and oxygen atoms in total. The van der Waals surface area contributed by atoms with Crippen LogP contribution in [-0.4, -0.2) is 80.3 Å². The number of likely N-dealkylation sites (N-methyl/N-ethyl adjacent to an activating group) is 1. The molecule has 4 aliphatic carbocycles. The molecule has 5 aliphatic rings. The van der Waals surface area contributed by atoms with E-state index in [-0.39, 0.29) is 23.1 Å². The van der Waals surface area contributed by atoms with E-state index in [0.717, 1.165) is 19.3 Å². The van der Waals surface area contributed by atoms with Crippen molar-refractivity contribution in [1.29, 1.82) is 0 Å². The molecule has 158 valence electrons. The Kier molecular flexibility index (Phi) is 5.23. The van der Waals surface area contributed by atoms with Crippen molar-refractivity contribution in [2.24, 2.45) is 17.8 Å². The number of carbonyl (C=O) groups is 2. The molecule has 1 aliphatic heterocycles. The van der Waals surface area contributed by atoms with E-state index in [1.807, 2.05) is 19.0 Å². The molecule has 4 saturated carbocycles. The van der Waals surface area contributed by atoms with Crippen LogP contribution in [0.2, 0.25) is 0 Å². The lowest BCUT2D eigenvalue weighted by atomic mass is 9.53. The van der Waals surface area contributed by atoms with Gasteiger partial charge in [0, 0.05) is 24.7 Å². The first-order valence-electron chi connectivity index (χ1n) is 10.6. The van der Waals surface area contributed by atoms with Gasteiger partial charge in [-0.25, -0.2) is 8.42 Å². The van der Waals surface area contributed by atoms with Gasteiger partial charge < -0.3 is 15.1 Å². The van der Waals surface area contributed by atoms with Crippen LogP contribution in [0.3, 0.4) is 0 Å². The number of sulfone groups is 1. The molecule has 0 aromatic rings. The van der Waals surface area contributed by atoms with Crippen molar-refractivity contribution in [3.05, 3.63) is 0 Å². The minimum Gasteiger partial charge on any atom is -0.342 e. The number of amides is 2. The highest BCUT2D eigenvalue weighted by Gasteiger charge is 2.52. The summed E-state index contributed by atoms with van der Waals surface area (Å²) < 4.78 is 23.9. The SMILES string of the molecule is CN(C)CCN(C(=O)C(=O)NC12CC3CC(CC(C3)C1)C2)C1CCS(=O)(=O)C1. The Labute approximate surface area is 168 Å². The molecule has 0 radical (unpaired) electrons. The van der Waals surface area contributed by atoms with Crippen molar-refractivity contribution in [3.8, 4) is 0 Å². The summed E-state index contributed by atoms with van der Waals surface area (Å²) >= 11 is 0. The van der Waals surface area contributed by atoms with Crippen LogP contribution in [-0.2, 0) is 19.4 Å². The first-order chi connectivity index (χ1) is 13.1. The van der Waals surface area contributed by atoms with E-state index in [1.165, 1.54) is 24.2 Å². The molecule has 0 aromatic heterocycles. The fourth-order valence-electron chi connectivity index (χ4n) is 6.47. The second kappa shape index (κ2) is 7.27. The van der Waals surface area contributed by atoms with Crippen molar-refractivity contribution in [3.63, 3.8) is 0 Å². The summed E-state index contributed by atoms with van der Waals surface area (Å²) in [6.07, 6.45) is 7.23. The van der Waals surface area contributed by atoms with Gasteiger partial charge in [-0.05, 0) is 76.8 Å². The third kappa shape index (κ3) is 4.08. The van der Waals surface area contributed by atoms with Gasteiger partial charge in [0.1, 0.15) is 0 Å². The molecule has 1 atom stereocenters. The molecule has 0 aromatic carbocycles. The molecular weight excluding hydrogens is 378 g/mol. The van der Waals surface area contributed by atoms with Crippen LogP contribution >= 0.6 is 0 Å². The quantitative estimate of drug-likeness (QED) is 0.671. The van der Waals surface area contributed by atoms with Crippen molar-refractivity contribution in [1.82, 2.24) is 15.1 Å². The Balaban J connectivity index is 1.46. The molecule has 8 heteroatoms. The number of nitrogens with one attached hydrogen (secondary N) is 1. The summed E-state index contributed by atoms with van der Waals surface area (Å²) in [6, 6.07) is -0.389. The number of rotatable bonds is 5. The highest BCUT2D eigenvalue weighted by atomic mass is 32.2. The Bertz CT molecular complexity index is 713. The van der Waals surface area contributed by atoms with Gasteiger partial charge in [-0.3, -0.25) is 9.59 Å². The highest BCUT2D eigenvalue weighted by Crippen LogP contribution is 2.55. The maximum absolute atomic E-state index is 13.1. The second-order valence-electron chi connectivity index (χ2n) is 10.0. The van der Waals surface area contributed by atoms with E-state index in [1.54, 1.807) is 0 Å². The van der Waals surface area contributed by atoms with Crippen LogP contribution in [0.25, 0.3) is 0 Å². The van der Waals surface area contributed by atoms with Gasteiger partial charge >= 0.3 is 11.8 Å². The molecule has 5 fully saturated rings. The standard InChI is InChI=1S/C20H33N3O4S/c1-22(2)4-5-23(17-3-6-28(26,27)13-17)19(25)18(24)21-20-10-14-7-15(11-20)9-16(8-14)12-20/h14-17H,3-13H2,1-2H3,(H,21,24). The molecular formula is C20H33N3O4S. The van der Waals surface area contributed by atoms with E-state index < -0.39 is 21.7 Å². The summed E-state index contributed by atoms with van der Waals surface area (Å²) in [5.74, 6) is 1.03. The van der Waals surface area contributed by atoms with Gasteiger partial charge in [-0.15, -0.1) is 0 Å². The predicted molar refractivity (Wildman–Crippen MR) is 106 cm³/mol. The topological polar surface area (TPSA) is 86.8 Å². The van der Waals surface area contributed by atoms with Gasteiger partial charge in [0.2, 0.25) is 0 Å². The fraction of sp³-hybridized carbons (Fsp3) is 0.900. The molecule has 1 N–H and O–H groups in total. The Morgan fingerprint density at radius 2 is 1.57 bits per heavy atom. The monoisotopic (exact) mass is 411 g/mol. The summed E-state index contributed by atoms with van der Waals surface area (Å²) in [7, 11) is 0.692. The zero-order valence-corrected chi connectivity index (χ0v) is 17.8. The number of carbonyl (C=O) groups excluding carboxylic acids is 2. The zero-order chi connectivity index (χ0) is 20.1. The number of nitrogens with zero attached hydrogens (tertiary/aromatic N) is 2. The molecule has 1 unspecified atom stereocenters. The lowest BCUT2D eigenvalue weighted by Crippen LogP contribution is -2.62. The third-order valence-corrected chi connectivity index (χ3v) is 9.06. The maximum Gasteiger partial charge on any atom is 0.312 e. The smallest absolute Gasteiger partial charge is 0.312 e. The molecule has 28 heavy (non-hydrogen) atoms. The molecule has 0 spiro atoms. The first kappa shape index (κ1) is 20.1. The molecule has 4 bridgehead atoms. The Hall–Kier alpha value is -1.15. The summed E-state index contributed by atoms with van der Waals surface area (Å²) in [4.78, 5) is 29.5. The largest absolute Gasteiger partial charge is 0.342 e. The predicted octanol–water partition coefficient (Wildman–Crippen LogP) is 0.649. The summed E-state index contributed by atoms with van der Waals surface area (Å²) in [5.41, 5.74) is -0.212. The molecule has 1 saturated heterocycles. The van der Waals surface area contributed by atoms with Crippen LogP contribution in [0, 0.1) is 17.8 Å². The van der Waals surface area contributed by atoms with Crippen LogP contribution in [0.1, 0.15) is 44.9 Å². The molecule has 2 amide bonds. The van der Waals surface area contributed by atoms with Crippen LogP contribution in [0.5, 0.6) is 0 Å². The van der Waals surface area contributed by atoms with Crippen molar-refractivity contribution >= 4 is 21.7 Å². The minimum atomic E-state index is -3.12. The lowest BCUT2D eigenvalue weighted by Gasteiger charge is -2.56.